The van der Waals surface area contributed by atoms with Gasteiger partial charge in [-0.3, -0.25) is 9.59 Å². The molecule has 1 aromatic rings. The van der Waals surface area contributed by atoms with Crippen LogP contribution in [0.1, 0.15) is 19.8 Å². The Morgan fingerprint density at radius 1 is 1.32 bits per heavy atom. The fourth-order valence-electron chi connectivity index (χ4n) is 2.08. The molecule has 0 spiro atoms. The zero-order valence-electron chi connectivity index (χ0n) is 12.7. The maximum atomic E-state index is 11.9. The molecule has 1 saturated carbocycles. The van der Waals surface area contributed by atoms with Crippen LogP contribution < -0.4 is 21.1 Å². The summed E-state index contributed by atoms with van der Waals surface area (Å²) in [6, 6.07) is 8.45. The number of nitrogens with two attached hydrogens (primary N) is 1. The molecule has 1 aliphatic carbocycles. The van der Waals surface area contributed by atoms with Crippen molar-refractivity contribution in [2.45, 2.75) is 31.8 Å². The lowest BCUT2D eigenvalue weighted by atomic mass is 10.2. The zero-order chi connectivity index (χ0) is 15.9. The Kier molecular flexibility index (Phi) is 5.77. The van der Waals surface area contributed by atoms with E-state index in [1.54, 1.807) is 19.1 Å². The third-order valence-electron chi connectivity index (χ3n) is 3.62. The average Bonchev–Trinajstić information content (AvgIpc) is 3.36. The summed E-state index contributed by atoms with van der Waals surface area (Å²) in [5, 5.41) is 5.36. The van der Waals surface area contributed by atoms with Crippen molar-refractivity contribution < 1.29 is 14.3 Å². The lowest BCUT2D eigenvalue weighted by Gasteiger charge is -2.16. The molecule has 6 nitrogen and oxygen atoms in total. The predicted octanol–water partition coefficient (Wildman–Crippen LogP) is 0.424. The van der Waals surface area contributed by atoms with E-state index in [1.807, 2.05) is 18.2 Å². The molecule has 0 radical (unpaired) electrons. The highest BCUT2D eigenvalue weighted by Gasteiger charge is 2.28. The van der Waals surface area contributed by atoms with Gasteiger partial charge in [0.25, 0.3) is 5.91 Å². The van der Waals surface area contributed by atoms with E-state index in [0.717, 1.165) is 12.8 Å². The number of para-hydroxylation sites is 1. The molecule has 1 aromatic carbocycles. The van der Waals surface area contributed by atoms with Crippen molar-refractivity contribution >= 4 is 11.8 Å². The lowest BCUT2D eigenvalue weighted by Crippen LogP contribution is -2.49. The maximum Gasteiger partial charge on any atom is 0.258 e. The van der Waals surface area contributed by atoms with Crippen molar-refractivity contribution in [1.82, 2.24) is 10.6 Å². The number of carbonyl (C=O) groups excluding carboxylic acids is 2. The monoisotopic (exact) mass is 305 g/mol. The Morgan fingerprint density at radius 2 is 2.00 bits per heavy atom. The highest BCUT2D eigenvalue weighted by atomic mass is 16.5. The Labute approximate surface area is 130 Å². The molecule has 2 rings (SSSR count). The smallest absolute Gasteiger partial charge is 0.258 e. The van der Waals surface area contributed by atoms with Crippen LogP contribution in [-0.2, 0) is 9.59 Å². The molecule has 0 saturated heterocycles. The quantitative estimate of drug-likeness (QED) is 0.649. The van der Waals surface area contributed by atoms with Gasteiger partial charge in [-0.1, -0.05) is 18.2 Å². The molecular formula is C16H23N3O3. The van der Waals surface area contributed by atoms with Gasteiger partial charge in [0.2, 0.25) is 5.91 Å². The molecule has 0 aromatic heterocycles. The molecule has 22 heavy (non-hydrogen) atoms. The van der Waals surface area contributed by atoms with Crippen LogP contribution in [0.5, 0.6) is 5.75 Å². The topological polar surface area (TPSA) is 93.4 Å². The molecule has 0 bridgehead atoms. The van der Waals surface area contributed by atoms with Crippen molar-refractivity contribution in [2.75, 3.05) is 13.2 Å². The minimum absolute atomic E-state index is 0.00765. The first-order chi connectivity index (χ1) is 10.6. The van der Waals surface area contributed by atoms with Crippen LogP contribution in [-0.4, -0.2) is 37.0 Å². The summed E-state index contributed by atoms with van der Waals surface area (Å²) in [5.41, 5.74) is 5.92. The van der Waals surface area contributed by atoms with E-state index in [1.165, 1.54) is 0 Å². The zero-order valence-corrected chi connectivity index (χ0v) is 12.7. The number of benzene rings is 1. The van der Waals surface area contributed by atoms with Crippen LogP contribution in [0.3, 0.4) is 0 Å². The summed E-state index contributed by atoms with van der Waals surface area (Å²) >= 11 is 0. The second-order valence-electron chi connectivity index (χ2n) is 5.64. The molecule has 4 N–H and O–H groups in total. The highest BCUT2D eigenvalue weighted by Crippen LogP contribution is 2.31. The van der Waals surface area contributed by atoms with Crippen LogP contribution in [0.2, 0.25) is 0 Å². The van der Waals surface area contributed by atoms with E-state index in [-0.39, 0.29) is 24.5 Å². The molecule has 0 aliphatic heterocycles. The number of nitrogens with one attached hydrogen (secondary N) is 2. The van der Waals surface area contributed by atoms with E-state index in [2.05, 4.69) is 10.6 Å². The van der Waals surface area contributed by atoms with Gasteiger partial charge in [-0.25, -0.2) is 0 Å². The maximum absolute atomic E-state index is 11.9. The SMILES string of the molecule is CC(NC(=O)COc1ccccc1)C(=O)NCC(N)C1CC1. The first kappa shape index (κ1) is 16.3. The summed E-state index contributed by atoms with van der Waals surface area (Å²) in [5.74, 6) is 0.580. The lowest BCUT2D eigenvalue weighted by molar-refractivity contribution is -0.129. The van der Waals surface area contributed by atoms with Gasteiger partial charge in [0.15, 0.2) is 6.61 Å². The molecule has 2 atom stereocenters. The van der Waals surface area contributed by atoms with Crippen LogP contribution >= 0.6 is 0 Å². The number of ether oxygens (including phenoxy) is 1. The van der Waals surface area contributed by atoms with Gasteiger partial charge >= 0.3 is 0 Å². The predicted molar refractivity (Wildman–Crippen MR) is 83.3 cm³/mol. The Balaban J connectivity index is 1.65. The van der Waals surface area contributed by atoms with Crippen LogP contribution in [0.4, 0.5) is 0 Å². The van der Waals surface area contributed by atoms with Crippen molar-refractivity contribution in [3.05, 3.63) is 30.3 Å². The highest BCUT2D eigenvalue weighted by molar-refractivity contribution is 5.87. The second kappa shape index (κ2) is 7.79. The molecule has 2 unspecified atom stereocenters. The minimum Gasteiger partial charge on any atom is -0.484 e. The third kappa shape index (κ3) is 5.37. The number of rotatable bonds is 8. The molecule has 1 aliphatic rings. The van der Waals surface area contributed by atoms with Gasteiger partial charge in [-0.15, -0.1) is 0 Å². The first-order valence-corrected chi connectivity index (χ1v) is 7.56. The summed E-state index contributed by atoms with van der Waals surface area (Å²) in [7, 11) is 0. The van der Waals surface area contributed by atoms with Gasteiger partial charge in [-0.05, 0) is 37.8 Å². The standard InChI is InChI=1S/C16H23N3O3/c1-11(16(21)18-9-14(17)12-7-8-12)19-15(20)10-22-13-5-3-2-4-6-13/h2-6,11-12,14H,7-10,17H2,1H3,(H,18,21)(H,19,20). The molecular weight excluding hydrogens is 282 g/mol. The fraction of sp³-hybridized carbons (Fsp3) is 0.500. The molecule has 2 amide bonds. The van der Waals surface area contributed by atoms with E-state index in [0.29, 0.717) is 18.2 Å². The van der Waals surface area contributed by atoms with Crippen LogP contribution in [0.25, 0.3) is 0 Å². The van der Waals surface area contributed by atoms with E-state index in [9.17, 15) is 9.59 Å². The minimum atomic E-state index is -0.613. The summed E-state index contributed by atoms with van der Waals surface area (Å²) < 4.78 is 5.32. The average molecular weight is 305 g/mol. The third-order valence-corrected chi connectivity index (χ3v) is 3.62. The Hall–Kier alpha value is -2.08. The van der Waals surface area contributed by atoms with Gasteiger partial charge in [0.05, 0.1) is 0 Å². The largest absolute Gasteiger partial charge is 0.484 e. The van der Waals surface area contributed by atoms with Gasteiger partial charge in [-0.2, -0.15) is 0 Å². The number of carbonyl (C=O) groups is 2. The molecule has 120 valence electrons. The second-order valence-corrected chi connectivity index (χ2v) is 5.64. The molecule has 0 heterocycles. The van der Waals surface area contributed by atoms with Crippen molar-refractivity contribution in [3.63, 3.8) is 0 Å². The van der Waals surface area contributed by atoms with Gasteiger partial charge < -0.3 is 21.1 Å². The summed E-state index contributed by atoms with van der Waals surface area (Å²) in [6.07, 6.45) is 2.28. The summed E-state index contributed by atoms with van der Waals surface area (Å²) in [4.78, 5) is 23.6. The summed E-state index contributed by atoms with van der Waals surface area (Å²) in [6.45, 7) is 1.96. The Bertz CT molecular complexity index is 503. The van der Waals surface area contributed by atoms with Crippen molar-refractivity contribution in [3.8, 4) is 5.75 Å². The fourth-order valence-corrected chi connectivity index (χ4v) is 2.08. The Morgan fingerprint density at radius 3 is 2.64 bits per heavy atom. The first-order valence-electron chi connectivity index (χ1n) is 7.56. The number of amides is 2. The van der Waals surface area contributed by atoms with Crippen LogP contribution in [0, 0.1) is 5.92 Å². The number of hydrogen-bond acceptors (Lipinski definition) is 4. The number of hydrogen-bond donors (Lipinski definition) is 3. The molecule has 6 heteroatoms. The van der Waals surface area contributed by atoms with E-state index < -0.39 is 6.04 Å². The molecule has 1 fully saturated rings. The van der Waals surface area contributed by atoms with Gasteiger partial charge in [0, 0.05) is 12.6 Å². The van der Waals surface area contributed by atoms with Crippen molar-refractivity contribution in [2.24, 2.45) is 11.7 Å². The van der Waals surface area contributed by atoms with Crippen molar-refractivity contribution in [1.29, 1.82) is 0 Å². The van der Waals surface area contributed by atoms with E-state index >= 15 is 0 Å². The van der Waals surface area contributed by atoms with E-state index in [4.69, 9.17) is 10.5 Å². The van der Waals surface area contributed by atoms with Gasteiger partial charge in [0.1, 0.15) is 11.8 Å². The van der Waals surface area contributed by atoms with Crippen LogP contribution in [0.15, 0.2) is 30.3 Å². The normalized spacial score (nSPS) is 16.5.